The van der Waals surface area contributed by atoms with Crippen molar-refractivity contribution in [2.45, 2.75) is 27.7 Å². The van der Waals surface area contributed by atoms with Gasteiger partial charge >= 0.3 is 0 Å². The first-order chi connectivity index (χ1) is 15.8. The number of aryl methyl sites for hydroxylation is 3. The molecule has 4 aromatic rings. The number of benzene rings is 2. The second-order valence-corrected chi connectivity index (χ2v) is 7.99. The Hall–Kier alpha value is -4.26. The number of hydrogen-bond acceptors (Lipinski definition) is 4. The van der Waals surface area contributed by atoms with Crippen LogP contribution < -0.4 is 10.6 Å². The molecule has 4 rings (SSSR count). The van der Waals surface area contributed by atoms with E-state index < -0.39 is 0 Å². The van der Waals surface area contributed by atoms with Gasteiger partial charge in [-0.3, -0.25) is 9.59 Å². The lowest BCUT2D eigenvalue weighted by Crippen LogP contribution is -2.14. The van der Waals surface area contributed by atoms with E-state index in [1.165, 1.54) is 6.92 Å². The van der Waals surface area contributed by atoms with E-state index in [2.05, 4.69) is 20.7 Å². The predicted octanol–water partition coefficient (Wildman–Crippen LogP) is 5.07. The third kappa shape index (κ3) is 4.82. The molecule has 0 aliphatic carbocycles. The molecule has 2 N–H and O–H groups in total. The number of rotatable bonds is 5. The van der Waals surface area contributed by atoms with Crippen molar-refractivity contribution >= 4 is 23.5 Å². The fraction of sp³-hybridized carbons (Fsp3) is 0.154. The third-order valence-electron chi connectivity index (χ3n) is 5.22. The zero-order valence-electron chi connectivity index (χ0n) is 19.0. The van der Waals surface area contributed by atoms with Crippen LogP contribution in [0.4, 0.5) is 11.6 Å². The Morgan fingerprint density at radius 3 is 2.09 bits per heavy atom. The van der Waals surface area contributed by atoms with Gasteiger partial charge in [-0.05, 0) is 62.2 Å². The lowest BCUT2D eigenvalue weighted by atomic mass is 10.0. The topological polar surface area (TPSA) is 88.9 Å². The summed E-state index contributed by atoms with van der Waals surface area (Å²) in [6.45, 7) is 7.35. The molecule has 2 amide bonds. The summed E-state index contributed by atoms with van der Waals surface area (Å²) in [6, 6.07) is 18.8. The van der Waals surface area contributed by atoms with E-state index in [1.807, 2.05) is 51.1 Å². The minimum Gasteiger partial charge on any atom is -0.310 e. The maximum atomic E-state index is 12.6. The molecule has 0 atom stereocenters. The van der Waals surface area contributed by atoms with Crippen molar-refractivity contribution in [1.29, 1.82) is 0 Å². The van der Waals surface area contributed by atoms with Crippen LogP contribution in [0.25, 0.3) is 16.8 Å². The highest BCUT2D eigenvalue weighted by Gasteiger charge is 2.19. The van der Waals surface area contributed by atoms with Gasteiger partial charge in [-0.2, -0.15) is 5.10 Å². The number of hydrogen-bond donors (Lipinski definition) is 2. The van der Waals surface area contributed by atoms with Crippen LogP contribution in [-0.4, -0.2) is 26.6 Å². The van der Waals surface area contributed by atoms with Crippen LogP contribution in [0.3, 0.4) is 0 Å². The monoisotopic (exact) mass is 439 g/mol. The van der Waals surface area contributed by atoms with Crippen LogP contribution >= 0.6 is 0 Å². The van der Waals surface area contributed by atoms with Crippen LogP contribution in [-0.2, 0) is 4.79 Å². The van der Waals surface area contributed by atoms with Crippen LogP contribution in [0.15, 0.2) is 66.9 Å². The molecular formula is C26H25N5O2. The summed E-state index contributed by atoms with van der Waals surface area (Å²) >= 11 is 0. The zero-order chi connectivity index (χ0) is 23.5. The summed E-state index contributed by atoms with van der Waals surface area (Å²) in [7, 11) is 0. The third-order valence-corrected chi connectivity index (χ3v) is 5.22. The SMILES string of the molecule is CC(=O)Nc1c(-c2ccc(C)cc2)c(C)nn1-c1ccc(C(=O)Nc2ccc(C)cn2)cc1. The van der Waals surface area contributed by atoms with E-state index >= 15 is 0 Å². The molecular weight excluding hydrogens is 414 g/mol. The Morgan fingerprint density at radius 2 is 1.48 bits per heavy atom. The molecule has 2 aromatic carbocycles. The number of pyridine rings is 1. The van der Waals surface area contributed by atoms with Crippen LogP contribution in [0.2, 0.25) is 0 Å². The van der Waals surface area contributed by atoms with Gasteiger partial charge in [0, 0.05) is 24.2 Å². The quantitative estimate of drug-likeness (QED) is 0.454. The average molecular weight is 440 g/mol. The summed E-state index contributed by atoms with van der Waals surface area (Å²) in [4.78, 5) is 28.8. The van der Waals surface area contributed by atoms with E-state index in [0.717, 1.165) is 33.6 Å². The maximum absolute atomic E-state index is 12.6. The summed E-state index contributed by atoms with van der Waals surface area (Å²) in [5.41, 5.74) is 6.00. The summed E-state index contributed by atoms with van der Waals surface area (Å²) in [5, 5.41) is 10.4. The molecule has 0 bridgehead atoms. The zero-order valence-corrected chi connectivity index (χ0v) is 19.0. The standard InChI is InChI=1S/C26H25N5O2/c1-16-5-8-20(9-6-16)24-18(3)30-31(25(24)28-19(4)32)22-12-10-21(11-13-22)26(33)29-23-14-7-17(2)15-27-23/h5-15H,1-4H3,(H,28,32)(H,27,29,33). The van der Waals surface area contributed by atoms with Crippen molar-refractivity contribution in [2.75, 3.05) is 10.6 Å². The molecule has 0 unspecified atom stereocenters. The second-order valence-electron chi connectivity index (χ2n) is 7.99. The lowest BCUT2D eigenvalue weighted by molar-refractivity contribution is -0.114. The van der Waals surface area contributed by atoms with Crippen molar-refractivity contribution in [3.63, 3.8) is 0 Å². The Labute approximate surface area is 192 Å². The van der Waals surface area contributed by atoms with Gasteiger partial charge in [0.25, 0.3) is 5.91 Å². The number of carbonyl (C=O) groups is 2. The van der Waals surface area contributed by atoms with Crippen LogP contribution in [0.5, 0.6) is 0 Å². The predicted molar refractivity (Wildman–Crippen MR) is 130 cm³/mol. The lowest BCUT2D eigenvalue weighted by Gasteiger charge is -2.11. The minimum atomic E-state index is -0.253. The molecule has 0 fully saturated rings. The van der Waals surface area contributed by atoms with Crippen LogP contribution in [0, 0.1) is 20.8 Å². The first-order valence-corrected chi connectivity index (χ1v) is 10.6. The van der Waals surface area contributed by atoms with Gasteiger partial charge < -0.3 is 10.6 Å². The molecule has 166 valence electrons. The highest BCUT2D eigenvalue weighted by molar-refractivity contribution is 6.03. The molecule has 0 aliphatic heterocycles. The molecule has 0 saturated heterocycles. The van der Waals surface area contributed by atoms with E-state index in [0.29, 0.717) is 17.2 Å². The normalized spacial score (nSPS) is 10.7. The van der Waals surface area contributed by atoms with Crippen molar-refractivity contribution in [2.24, 2.45) is 0 Å². The van der Waals surface area contributed by atoms with E-state index in [-0.39, 0.29) is 11.8 Å². The highest BCUT2D eigenvalue weighted by atomic mass is 16.2. The molecule has 7 nitrogen and oxygen atoms in total. The molecule has 0 saturated carbocycles. The minimum absolute atomic E-state index is 0.189. The van der Waals surface area contributed by atoms with Crippen LogP contribution in [0.1, 0.15) is 34.1 Å². The second kappa shape index (κ2) is 9.08. The smallest absolute Gasteiger partial charge is 0.256 e. The molecule has 0 radical (unpaired) electrons. The Balaban J connectivity index is 1.66. The van der Waals surface area contributed by atoms with Gasteiger partial charge in [-0.25, -0.2) is 9.67 Å². The van der Waals surface area contributed by atoms with Crippen molar-refractivity contribution < 1.29 is 9.59 Å². The van der Waals surface area contributed by atoms with E-state index in [1.54, 1.807) is 41.2 Å². The fourth-order valence-electron chi connectivity index (χ4n) is 3.55. The van der Waals surface area contributed by atoms with Gasteiger partial charge in [-0.1, -0.05) is 35.9 Å². The number of nitrogens with zero attached hydrogens (tertiary/aromatic N) is 3. The number of aromatic nitrogens is 3. The van der Waals surface area contributed by atoms with Gasteiger partial charge in [0.15, 0.2) is 0 Å². The van der Waals surface area contributed by atoms with Gasteiger partial charge in [0.05, 0.1) is 11.4 Å². The van der Waals surface area contributed by atoms with Gasteiger partial charge in [-0.15, -0.1) is 0 Å². The highest BCUT2D eigenvalue weighted by Crippen LogP contribution is 2.33. The molecule has 2 heterocycles. The van der Waals surface area contributed by atoms with Crippen molar-refractivity contribution in [3.8, 4) is 16.8 Å². The Morgan fingerprint density at radius 1 is 0.818 bits per heavy atom. The average Bonchev–Trinajstić information content (AvgIpc) is 3.11. The molecule has 0 aliphatic rings. The summed E-state index contributed by atoms with van der Waals surface area (Å²) in [6.07, 6.45) is 1.70. The fourth-order valence-corrected chi connectivity index (χ4v) is 3.55. The number of amides is 2. The van der Waals surface area contributed by atoms with Crippen molar-refractivity contribution in [1.82, 2.24) is 14.8 Å². The Bertz CT molecular complexity index is 1300. The van der Waals surface area contributed by atoms with E-state index in [9.17, 15) is 9.59 Å². The molecule has 33 heavy (non-hydrogen) atoms. The molecule has 7 heteroatoms. The van der Waals surface area contributed by atoms with Gasteiger partial charge in [0.2, 0.25) is 5.91 Å². The molecule has 2 aromatic heterocycles. The van der Waals surface area contributed by atoms with Crippen molar-refractivity contribution in [3.05, 3.63) is 89.2 Å². The first kappa shape index (κ1) is 22.0. The van der Waals surface area contributed by atoms with Gasteiger partial charge in [0.1, 0.15) is 11.6 Å². The first-order valence-electron chi connectivity index (χ1n) is 10.6. The summed E-state index contributed by atoms with van der Waals surface area (Å²) in [5.74, 6) is 0.640. The Kier molecular flexibility index (Phi) is 6.04. The number of carbonyl (C=O) groups excluding carboxylic acids is 2. The largest absolute Gasteiger partial charge is 0.310 e. The molecule has 0 spiro atoms. The number of anilines is 2. The summed E-state index contributed by atoms with van der Waals surface area (Å²) < 4.78 is 1.69. The maximum Gasteiger partial charge on any atom is 0.256 e. The van der Waals surface area contributed by atoms with E-state index in [4.69, 9.17) is 0 Å². The number of nitrogens with one attached hydrogen (secondary N) is 2.